The summed E-state index contributed by atoms with van der Waals surface area (Å²) < 4.78 is 0. The third-order valence-corrected chi connectivity index (χ3v) is 3.65. The van der Waals surface area contributed by atoms with Gasteiger partial charge in [0.1, 0.15) is 6.10 Å². The van der Waals surface area contributed by atoms with Gasteiger partial charge in [-0.25, -0.2) is 0 Å². The highest BCUT2D eigenvalue weighted by atomic mass is 16.3. The molecule has 1 aliphatic rings. The van der Waals surface area contributed by atoms with E-state index in [4.69, 9.17) is 0 Å². The maximum absolute atomic E-state index is 12.0. The lowest BCUT2D eigenvalue weighted by Gasteiger charge is -2.26. The highest BCUT2D eigenvalue weighted by Crippen LogP contribution is 2.36. The van der Waals surface area contributed by atoms with Gasteiger partial charge in [0.15, 0.2) is 5.78 Å². The van der Waals surface area contributed by atoms with Crippen molar-refractivity contribution in [2.24, 2.45) is 5.92 Å². The molecule has 0 aliphatic heterocycles. The standard InChI is InChI=1S/C15H20O2/c1-10(2)14(16)15(17)13-8-4-7-12(9-13)11-5-3-6-11/h4,7-11,14,16H,3,5-6H2,1-2H3. The fourth-order valence-electron chi connectivity index (χ4n) is 2.16. The zero-order valence-corrected chi connectivity index (χ0v) is 10.5. The zero-order valence-electron chi connectivity index (χ0n) is 10.5. The van der Waals surface area contributed by atoms with Crippen LogP contribution in [0.1, 0.15) is 54.9 Å². The second-order valence-corrected chi connectivity index (χ2v) is 5.31. The summed E-state index contributed by atoms with van der Waals surface area (Å²) in [6.07, 6.45) is 2.86. The molecule has 1 fully saturated rings. The van der Waals surface area contributed by atoms with Crippen molar-refractivity contribution in [2.75, 3.05) is 0 Å². The quantitative estimate of drug-likeness (QED) is 0.810. The summed E-state index contributed by atoms with van der Waals surface area (Å²) in [7, 11) is 0. The first-order valence-corrected chi connectivity index (χ1v) is 6.42. The molecule has 0 radical (unpaired) electrons. The van der Waals surface area contributed by atoms with Crippen LogP contribution in [-0.4, -0.2) is 17.0 Å². The van der Waals surface area contributed by atoms with Crippen molar-refractivity contribution in [1.29, 1.82) is 0 Å². The minimum absolute atomic E-state index is 0.0325. The van der Waals surface area contributed by atoms with Crippen molar-refractivity contribution < 1.29 is 9.90 Å². The van der Waals surface area contributed by atoms with E-state index in [1.165, 1.54) is 24.8 Å². The number of Topliss-reactive ketones (excluding diaryl/α,β-unsaturated/α-hetero) is 1. The normalized spacial score (nSPS) is 17.9. The summed E-state index contributed by atoms with van der Waals surface area (Å²) in [5.74, 6) is 0.440. The highest BCUT2D eigenvalue weighted by molar-refractivity contribution is 5.99. The van der Waals surface area contributed by atoms with Crippen LogP contribution in [0.2, 0.25) is 0 Å². The average molecular weight is 232 g/mol. The minimum atomic E-state index is -0.883. The molecule has 1 aromatic rings. The van der Waals surface area contributed by atoms with Crippen LogP contribution in [0.25, 0.3) is 0 Å². The van der Waals surface area contributed by atoms with Gasteiger partial charge in [-0.15, -0.1) is 0 Å². The molecule has 0 aromatic heterocycles. The van der Waals surface area contributed by atoms with E-state index in [0.717, 1.165) is 0 Å². The van der Waals surface area contributed by atoms with Gasteiger partial charge < -0.3 is 5.11 Å². The number of aliphatic hydroxyl groups excluding tert-OH is 1. The van der Waals surface area contributed by atoms with Crippen molar-refractivity contribution in [1.82, 2.24) is 0 Å². The van der Waals surface area contributed by atoms with Crippen LogP contribution >= 0.6 is 0 Å². The summed E-state index contributed by atoms with van der Waals surface area (Å²) in [5.41, 5.74) is 1.90. The van der Waals surface area contributed by atoms with Crippen LogP contribution in [0.5, 0.6) is 0 Å². The number of hydrogen-bond acceptors (Lipinski definition) is 2. The van der Waals surface area contributed by atoms with Crippen molar-refractivity contribution in [3.8, 4) is 0 Å². The summed E-state index contributed by atoms with van der Waals surface area (Å²) in [6.45, 7) is 3.72. The summed E-state index contributed by atoms with van der Waals surface area (Å²) in [6, 6.07) is 7.77. The lowest BCUT2D eigenvalue weighted by atomic mass is 9.79. The molecule has 0 spiro atoms. The Morgan fingerprint density at radius 1 is 1.35 bits per heavy atom. The van der Waals surface area contributed by atoms with Gasteiger partial charge in [-0.2, -0.15) is 0 Å². The van der Waals surface area contributed by atoms with Gasteiger partial charge in [0.25, 0.3) is 0 Å². The molecule has 0 bridgehead atoms. The second kappa shape index (κ2) is 5.01. The van der Waals surface area contributed by atoms with Gasteiger partial charge in [-0.3, -0.25) is 4.79 Å². The number of benzene rings is 1. The van der Waals surface area contributed by atoms with E-state index < -0.39 is 6.10 Å². The molecule has 1 unspecified atom stereocenters. The van der Waals surface area contributed by atoms with Gasteiger partial charge >= 0.3 is 0 Å². The molecular weight excluding hydrogens is 212 g/mol. The number of aliphatic hydroxyl groups is 1. The van der Waals surface area contributed by atoms with Gasteiger partial charge in [0.2, 0.25) is 0 Å². The Labute approximate surface area is 103 Å². The summed E-state index contributed by atoms with van der Waals surface area (Å²) in [4.78, 5) is 12.0. The Bertz CT molecular complexity index is 405. The van der Waals surface area contributed by atoms with Crippen LogP contribution in [0.15, 0.2) is 24.3 Å². The molecule has 1 aliphatic carbocycles. The Kier molecular flexibility index (Phi) is 3.63. The van der Waals surface area contributed by atoms with Crippen LogP contribution in [0.3, 0.4) is 0 Å². The van der Waals surface area contributed by atoms with E-state index in [1.54, 1.807) is 6.07 Å². The Morgan fingerprint density at radius 3 is 2.59 bits per heavy atom. The molecular formula is C15H20O2. The number of hydrogen-bond donors (Lipinski definition) is 1. The Morgan fingerprint density at radius 2 is 2.06 bits per heavy atom. The number of rotatable bonds is 4. The maximum atomic E-state index is 12.0. The smallest absolute Gasteiger partial charge is 0.191 e. The predicted molar refractivity (Wildman–Crippen MR) is 68.2 cm³/mol. The minimum Gasteiger partial charge on any atom is -0.385 e. The maximum Gasteiger partial charge on any atom is 0.191 e. The molecule has 1 aromatic carbocycles. The number of carbonyl (C=O) groups is 1. The lowest BCUT2D eigenvalue weighted by molar-refractivity contribution is 0.0647. The van der Waals surface area contributed by atoms with Crippen LogP contribution in [0.4, 0.5) is 0 Å². The first-order chi connectivity index (χ1) is 8.09. The summed E-state index contributed by atoms with van der Waals surface area (Å²) >= 11 is 0. The van der Waals surface area contributed by atoms with Gasteiger partial charge in [0, 0.05) is 5.56 Å². The van der Waals surface area contributed by atoms with Crippen LogP contribution < -0.4 is 0 Å². The highest BCUT2D eigenvalue weighted by Gasteiger charge is 2.23. The fourth-order valence-corrected chi connectivity index (χ4v) is 2.16. The third-order valence-electron chi connectivity index (χ3n) is 3.65. The lowest BCUT2D eigenvalue weighted by Crippen LogP contribution is -2.26. The van der Waals surface area contributed by atoms with E-state index >= 15 is 0 Å². The molecule has 2 heteroatoms. The molecule has 17 heavy (non-hydrogen) atoms. The fraction of sp³-hybridized carbons (Fsp3) is 0.533. The third kappa shape index (κ3) is 2.58. The Hall–Kier alpha value is -1.15. The molecule has 92 valence electrons. The van der Waals surface area contributed by atoms with Gasteiger partial charge in [0.05, 0.1) is 0 Å². The topological polar surface area (TPSA) is 37.3 Å². The largest absolute Gasteiger partial charge is 0.385 e. The van der Waals surface area contributed by atoms with Crippen LogP contribution in [0, 0.1) is 5.92 Å². The molecule has 0 heterocycles. The SMILES string of the molecule is CC(C)C(O)C(=O)c1cccc(C2CCC2)c1. The first kappa shape index (κ1) is 12.3. The van der Waals surface area contributed by atoms with Gasteiger partial charge in [-0.05, 0) is 36.3 Å². The number of ketones is 1. The van der Waals surface area contributed by atoms with Crippen molar-refractivity contribution in [3.63, 3.8) is 0 Å². The number of carbonyl (C=O) groups excluding carboxylic acids is 1. The second-order valence-electron chi connectivity index (χ2n) is 5.31. The van der Waals surface area contributed by atoms with E-state index in [2.05, 4.69) is 6.07 Å². The monoisotopic (exact) mass is 232 g/mol. The summed E-state index contributed by atoms with van der Waals surface area (Å²) in [5, 5.41) is 9.80. The molecule has 0 amide bonds. The van der Waals surface area contributed by atoms with Crippen molar-refractivity contribution >= 4 is 5.78 Å². The molecule has 2 rings (SSSR count). The van der Waals surface area contributed by atoms with E-state index in [-0.39, 0.29) is 11.7 Å². The first-order valence-electron chi connectivity index (χ1n) is 6.42. The average Bonchev–Trinajstić information content (AvgIpc) is 2.25. The molecule has 1 saturated carbocycles. The zero-order chi connectivity index (χ0) is 12.4. The molecule has 1 atom stereocenters. The molecule has 2 nitrogen and oxygen atoms in total. The van der Waals surface area contributed by atoms with Gasteiger partial charge in [-0.1, -0.05) is 38.5 Å². The van der Waals surface area contributed by atoms with Crippen molar-refractivity contribution in [3.05, 3.63) is 35.4 Å². The molecule has 1 N–H and O–H groups in total. The van der Waals surface area contributed by atoms with E-state index in [1.807, 2.05) is 26.0 Å². The van der Waals surface area contributed by atoms with E-state index in [0.29, 0.717) is 11.5 Å². The predicted octanol–water partition coefficient (Wildman–Crippen LogP) is 3.15. The molecule has 0 saturated heterocycles. The van der Waals surface area contributed by atoms with E-state index in [9.17, 15) is 9.90 Å². The Balaban J connectivity index is 2.17. The van der Waals surface area contributed by atoms with Crippen LogP contribution in [-0.2, 0) is 0 Å². The van der Waals surface area contributed by atoms with Crippen molar-refractivity contribution in [2.45, 2.75) is 45.1 Å².